The van der Waals surface area contributed by atoms with E-state index >= 15 is 0 Å². The Bertz CT molecular complexity index is 1510. The molecule has 0 fully saturated rings. The summed E-state index contributed by atoms with van der Waals surface area (Å²) in [7, 11) is 0. The summed E-state index contributed by atoms with van der Waals surface area (Å²) in [5, 5.41) is 3.70. The van der Waals surface area contributed by atoms with Gasteiger partial charge in [-0.25, -0.2) is 13.8 Å². The van der Waals surface area contributed by atoms with Gasteiger partial charge in [-0.3, -0.25) is 9.78 Å². The number of amides is 1. The summed E-state index contributed by atoms with van der Waals surface area (Å²) in [5.41, 5.74) is 4.50. The van der Waals surface area contributed by atoms with Gasteiger partial charge in [-0.05, 0) is 54.3 Å². The number of aliphatic imine (C=N–C) groups is 1. The monoisotopic (exact) mass is 516 g/mol. The lowest BCUT2D eigenvalue weighted by Gasteiger charge is -2.15. The summed E-state index contributed by atoms with van der Waals surface area (Å²) in [6.45, 7) is 7.30. The van der Waals surface area contributed by atoms with Crippen molar-refractivity contribution in [3.05, 3.63) is 101 Å². The Morgan fingerprint density at radius 1 is 1.13 bits per heavy atom. The molecular formula is C30H30F2N4O2. The average molecular weight is 517 g/mol. The molecular weight excluding hydrogens is 486 g/mol. The molecule has 0 saturated carbocycles. The molecule has 1 aliphatic heterocycles. The number of hydrogen-bond donors (Lipinski definition) is 1. The molecule has 6 nitrogen and oxygen atoms in total. The fourth-order valence-corrected chi connectivity index (χ4v) is 4.87. The van der Waals surface area contributed by atoms with Crippen molar-refractivity contribution in [3.8, 4) is 0 Å². The van der Waals surface area contributed by atoms with Gasteiger partial charge in [0.2, 0.25) is 5.90 Å². The highest BCUT2D eigenvalue weighted by atomic mass is 19.2. The number of halogens is 2. The van der Waals surface area contributed by atoms with Crippen LogP contribution in [0.15, 0.2) is 65.8 Å². The van der Waals surface area contributed by atoms with E-state index in [1.165, 1.54) is 6.07 Å². The summed E-state index contributed by atoms with van der Waals surface area (Å²) < 4.78 is 35.1. The Balaban J connectivity index is 1.59. The molecule has 0 bridgehead atoms. The lowest BCUT2D eigenvalue weighted by molar-refractivity contribution is 0.0951. The summed E-state index contributed by atoms with van der Waals surface area (Å²) in [6, 6.07) is 15.4. The van der Waals surface area contributed by atoms with Crippen LogP contribution in [0.3, 0.4) is 0 Å². The predicted molar refractivity (Wildman–Crippen MR) is 143 cm³/mol. The van der Waals surface area contributed by atoms with Crippen molar-refractivity contribution in [3.63, 3.8) is 0 Å². The van der Waals surface area contributed by atoms with Gasteiger partial charge in [0.15, 0.2) is 11.6 Å². The number of fused-ring (bicyclic) bond motifs is 1. The van der Waals surface area contributed by atoms with Gasteiger partial charge >= 0.3 is 0 Å². The standard InChI is InChI=1S/C30H30F2N4O2/c1-4-21-17-38-30(35-21)20-9-10-23-26(14-20)36(16-22-7-5-6-12-33-22)28(18(2)3)27(23)29(37)34-15-19-8-11-24(31)25(32)13-19/h5-14,18,21H,4,15-17H2,1-3H3,(H,34,37). The molecule has 3 heterocycles. The molecule has 2 aromatic heterocycles. The van der Waals surface area contributed by atoms with E-state index < -0.39 is 11.6 Å². The second kappa shape index (κ2) is 10.7. The van der Waals surface area contributed by atoms with Crippen LogP contribution in [-0.4, -0.2) is 34.0 Å². The minimum absolute atomic E-state index is 0.0168. The molecule has 0 saturated heterocycles. The molecule has 8 heteroatoms. The van der Waals surface area contributed by atoms with Gasteiger partial charge in [-0.2, -0.15) is 0 Å². The SMILES string of the molecule is CCC1COC(c2ccc3c(C(=O)NCc4ccc(F)c(F)c4)c(C(C)C)n(Cc4ccccn4)c3c2)=N1. The number of nitrogens with one attached hydrogen (secondary N) is 1. The van der Waals surface area contributed by atoms with Gasteiger partial charge < -0.3 is 14.6 Å². The van der Waals surface area contributed by atoms with Crippen molar-refractivity contribution < 1.29 is 18.3 Å². The van der Waals surface area contributed by atoms with E-state index in [1.807, 2.05) is 50.2 Å². The Kier molecular flexibility index (Phi) is 7.22. The van der Waals surface area contributed by atoms with E-state index in [0.29, 0.717) is 30.2 Å². The van der Waals surface area contributed by atoms with Gasteiger partial charge in [0.1, 0.15) is 6.61 Å². The Morgan fingerprint density at radius 3 is 2.66 bits per heavy atom. The van der Waals surface area contributed by atoms with Crippen molar-refractivity contribution in [1.82, 2.24) is 14.9 Å². The molecule has 1 N–H and O–H groups in total. The fraction of sp³-hybridized carbons (Fsp3) is 0.300. The third-order valence-corrected chi connectivity index (χ3v) is 6.79. The molecule has 4 aromatic rings. The van der Waals surface area contributed by atoms with Crippen LogP contribution in [0.25, 0.3) is 10.9 Å². The summed E-state index contributed by atoms with van der Waals surface area (Å²) >= 11 is 0. The van der Waals surface area contributed by atoms with E-state index in [1.54, 1.807) is 6.20 Å². The molecule has 1 aliphatic rings. The number of carbonyl (C=O) groups excluding carboxylic acids is 1. The molecule has 1 amide bonds. The highest BCUT2D eigenvalue weighted by molar-refractivity contribution is 6.10. The first-order valence-electron chi connectivity index (χ1n) is 12.8. The third-order valence-electron chi connectivity index (χ3n) is 6.79. The largest absolute Gasteiger partial charge is 0.475 e. The van der Waals surface area contributed by atoms with Crippen molar-refractivity contribution in [2.24, 2.45) is 4.99 Å². The van der Waals surface area contributed by atoms with Crippen LogP contribution in [0.1, 0.15) is 66.0 Å². The molecule has 0 spiro atoms. The highest BCUT2D eigenvalue weighted by Crippen LogP contribution is 2.33. The maximum Gasteiger partial charge on any atom is 0.254 e. The molecule has 196 valence electrons. The normalized spacial score (nSPS) is 15.1. The van der Waals surface area contributed by atoms with Gasteiger partial charge in [0.25, 0.3) is 5.91 Å². The molecule has 38 heavy (non-hydrogen) atoms. The Labute approximate surface area is 220 Å². The predicted octanol–water partition coefficient (Wildman–Crippen LogP) is 5.97. The van der Waals surface area contributed by atoms with E-state index in [0.717, 1.165) is 46.4 Å². The molecule has 0 aliphatic carbocycles. The van der Waals surface area contributed by atoms with Crippen molar-refractivity contribution in [1.29, 1.82) is 0 Å². The molecule has 2 aromatic carbocycles. The molecule has 1 atom stereocenters. The first kappa shape index (κ1) is 25.6. The summed E-state index contributed by atoms with van der Waals surface area (Å²) in [4.78, 5) is 22.9. The zero-order chi connectivity index (χ0) is 26.8. The zero-order valence-electron chi connectivity index (χ0n) is 21.7. The summed E-state index contributed by atoms with van der Waals surface area (Å²) in [5.74, 6) is -1.52. The third kappa shape index (κ3) is 5.03. The second-order valence-electron chi connectivity index (χ2n) is 9.79. The average Bonchev–Trinajstić information content (AvgIpc) is 3.53. The number of pyridine rings is 1. The quantitative estimate of drug-likeness (QED) is 0.314. The molecule has 1 unspecified atom stereocenters. The number of benzene rings is 2. The van der Waals surface area contributed by atoms with Crippen LogP contribution in [0.2, 0.25) is 0 Å². The van der Waals surface area contributed by atoms with Gasteiger partial charge in [-0.1, -0.05) is 39.0 Å². The van der Waals surface area contributed by atoms with Crippen LogP contribution in [-0.2, 0) is 17.8 Å². The van der Waals surface area contributed by atoms with E-state index in [4.69, 9.17) is 9.73 Å². The number of rotatable bonds is 8. The Morgan fingerprint density at radius 2 is 1.97 bits per heavy atom. The van der Waals surface area contributed by atoms with E-state index in [-0.39, 0.29) is 24.4 Å². The van der Waals surface area contributed by atoms with Crippen LogP contribution >= 0.6 is 0 Å². The number of ether oxygens (including phenoxy) is 1. The molecule has 5 rings (SSSR count). The van der Waals surface area contributed by atoms with E-state index in [2.05, 4.69) is 21.8 Å². The van der Waals surface area contributed by atoms with Crippen LogP contribution in [0, 0.1) is 11.6 Å². The Hall–Kier alpha value is -4.07. The number of carbonyl (C=O) groups is 1. The topological polar surface area (TPSA) is 68.5 Å². The van der Waals surface area contributed by atoms with Gasteiger partial charge in [0.05, 0.1) is 29.4 Å². The van der Waals surface area contributed by atoms with E-state index in [9.17, 15) is 13.6 Å². The lowest BCUT2D eigenvalue weighted by Crippen LogP contribution is -2.24. The zero-order valence-corrected chi connectivity index (χ0v) is 21.7. The second-order valence-corrected chi connectivity index (χ2v) is 9.79. The summed E-state index contributed by atoms with van der Waals surface area (Å²) in [6.07, 6.45) is 2.66. The number of hydrogen-bond acceptors (Lipinski definition) is 4. The smallest absolute Gasteiger partial charge is 0.254 e. The van der Waals surface area contributed by atoms with Crippen molar-refractivity contribution >= 4 is 22.7 Å². The minimum atomic E-state index is -0.943. The number of aromatic nitrogens is 2. The van der Waals surface area contributed by atoms with Crippen LogP contribution < -0.4 is 5.32 Å². The minimum Gasteiger partial charge on any atom is -0.475 e. The van der Waals surface area contributed by atoms with Crippen molar-refractivity contribution in [2.75, 3.05) is 6.61 Å². The van der Waals surface area contributed by atoms with Gasteiger partial charge in [0, 0.05) is 29.4 Å². The maximum atomic E-state index is 13.7. The van der Waals surface area contributed by atoms with Crippen LogP contribution in [0.5, 0.6) is 0 Å². The van der Waals surface area contributed by atoms with Gasteiger partial charge in [-0.15, -0.1) is 0 Å². The first-order valence-corrected chi connectivity index (χ1v) is 12.8. The fourth-order valence-electron chi connectivity index (χ4n) is 4.87. The number of nitrogens with zero attached hydrogens (tertiary/aromatic N) is 3. The first-order chi connectivity index (χ1) is 18.4. The molecule has 0 radical (unpaired) electrons. The highest BCUT2D eigenvalue weighted by Gasteiger charge is 2.26. The van der Waals surface area contributed by atoms with Crippen LogP contribution in [0.4, 0.5) is 8.78 Å². The lowest BCUT2D eigenvalue weighted by atomic mass is 10.0. The van der Waals surface area contributed by atoms with Crippen molar-refractivity contribution in [2.45, 2.75) is 52.2 Å². The maximum absolute atomic E-state index is 13.7.